The molecule has 3 nitrogen and oxygen atoms in total. The highest BCUT2D eigenvalue weighted by Gasteiger charge is 2.45. The largest absolute Gasteiger partial charge is 0.469 e. The zero-order valence-corrected chi connectivity index (χ0v) is 9.76. The van der Waals surface area contributed by atoms with Gasteiger partial charge in [0, 0.05) is 5.54 Å². The SMILES string of the molecule is COC(=O)C(C)(C)C(C)(C)N(C)C. The minimum absolute atomic E-state index is 0.175. The molecule has 0 aliphatic heterocycles. The van der Waals surface area contributed by atoms with Crippen LogP contribution in [0.4, 0.5) is 0 Å². The van der Waals surface area contributed by atoms with Crippen LogP contribution in [0.3, 0.4) is 0 Å². The molecule has 0 aromatic rings. The maximum absolute atomic E-state index is 11.5. The van der Waals surface area contributed by atoms with Gasteiger partial charge < -0.3 is 9.64 Å². The molecule has 0 bridgehead atoms. The van der Waals surface area contributed by atoms with Gasteiger partial charge in [-0.05, 0) is 41.8 Å². The van der Waals surface area contributed by atoms with Gasteiger partial charge >= 0.3 is 5.97 Å². The number of ether oxygens (including phenoxy) is 1. The first kappa shape index (κ1) is 12.4. The highest BCUT2D eigenvalue weighted by atomic mass is 16.5. The van der Waals surface area contributed by atoms with E-state index in [0.717, 1.165) is 0 Å². The normalized spacial score (nSPS) is 13.2. The van der Waals surface area contributed by atoms with E-state index in [2.05, 4.69) is 0 Å². The zero-order valence-electron chi connectivity index (χ0n) is 9.76. The van der Waals surface area contributed by atoms with Gasteiger partial charge in [0.1, 0.15) is 0 Å². The molecule has 0 fully saturated rings. The Bertz CT molecular complexity index is 195. The molecule has 0 saturated carbocycles. The molecular formula is C10H21NO2. The van der Waals surface area contributed by atoms with Gasteiger partial charge in [0.15, 0.2) is 0 Å². The van der Waals surface area contributed by atoms with E-state index in [1.807, 2.05) is 46.7 Å². The molecule has 0 aromatic carbocycles. The van der Waals surface area contributed by atoms with Crippen LogP contribution < -0.4 is 0 Å². The van der Waals surface area contributed by atoms with Gasteiger partial charge in [-0.25, -0.2) is 0 Å². The lowest BCUT2D eigenvalue weighted by Gasteiger charge is -2.44. The van der Waals surface area contributed by atoms with Crippen LogP contribution in [-0.2, 0) is 9.53 Å². The first-order chi connectivity index (χ1) is 5.67. The number of hydrogen-bond donors (Lipinski definition) is 0. The molecule has 0 spiro atoms. The van der Waals surface area contributed by atoms with Crippen LogP contribution in [0.2, 0.25) is 0 Å². The van der Waals surface area contributed by atoms with E-state index in [4.69, 9.17) is 4.74 Å². The molecule has 0 saturated heterocycles. The van der Waals surface area contributed by atoms with Crippen molar-refractivity contribution in [2.45, 2.75) is 33.2 Å². The highest BCUT2D eigenvalue weighted by Crippen LogP contribution is 2.35. The Labute approximate surface area is 81.1 Å². The van der Waals surface area contributed by atoms with Crippen molar-refractivity contribution in [3.8, 4) is 0 Å². The van der Waals surface area contributed by atoms with Gasteiger partial charge in [-0.2, -0.15) is 0 Å². The van der Waals surface area contributed by atoms with Gasteiger partial charge in [0.25, 0.3) is 0 Å². The van der Waals surface area contributed by atoms with Crippen molar-refractivity contribution in [2.75, 3.05) is 21.2 Å². The van der Waals surface area contributed by atoms with Gasteiger partial charge in [-0.3, -0.25) is 4.79 Å². The Hall–Kier alpha value is -0.570. The quantitative estimate of drug-likeness (QED) is 0.627. The fraction of sp³-hybridized carbons (Fsp3) is 0.900. The molecule has 0 radical (unpaired) electrons. The van der Waals surface area contributed by atoms with Crippen LogP contribution in [0.15, 0.2) is 0 Å². The van der Waals surface area contributed by atoms with E-state index in [1.54, 1.807) is 0 Å². The van der Waals surface area contributed by atoms with E-state index >= 15 is 0 Å². The van der Waals surface area contributed by atoms with E-state index in [9.17, 15) is 4.79 Å². The van der Waals surface area contributed by atoms with Gasteiger partial charge in [-0.15, -0.1) is 0 Å². The minimum Gasteiger partial charge on any atom is -0.469 e. The molecule has 0 atom stereocenters. The van der Waals surface area contributed by atoms with Gasteiger partial charge in [0.05, 0.1) is 12.5 Å². The van der Waals surface area contributed by atoms with Crippen molar-refractivity contribution in [3.63, 3.8) is 0 Å². The lowest BCUT2D eigenvalue weighted by molar-refractivity contribution is -0.158. The summed E-state index contributed by atoms with van der Waals surface area (Å²) in [7, 11) is 5.35. The lowest BCUT2D eigenvalue weighted by atomic mass is 9.74. The van der Waals surface area contributed by atoms with Crippen LogP contribution in [-0.4, -0.2) is 37.6 Å². The minimum atomic E-state index is -0.509. The smallest absolute Gasteiger partial charge is 0.313 e. The predicted octanol–water partition coefficient (Wildman–Crippen LogP) is 1.53. The maximum atomic E-state index is 11.5. The molecule has 0 rings (SSSR count). The lowest BCUT2D eigenvalue weighted by Crippen LogP contribution is -2.54. The zero-order chi connectivity index (χ0) is 10.9. The van der Waals surface area contributed by atoms with E-state index in [1.165, 1.54) is 7.11 Å². The molecule has 0 aromatic heterocycles. The summed E-state index contributed by atoms with van der Waals surface area (Å²) in [6.45, 7) is 7.87. The fourth-order valence-corrected chi connectivity index (χ4v) is 1.06. The molecule has 13 heavy (non-hydrogen) atoms. The summed E-state index contributed by atoms with van der Waals surface area (Å²) in [4.78, 5) is 13.6. The predicted molar refractivity (Wildman–Crippen MR) is 53.6 cm³/mol. The van der Waals surface area contributed by atoms with Crippen molar-refractivity contribution >= 4 is 5.97 Å². The molecule has 78 valence electrons. The summed E-state index contributed by atoms with van der Waals surface area (Å²) in [6, 6.07) is 0. The number of carbonyl (C=O) groups is 1. The standard InChI is InChI=1S/C10H21NO2/c1-9(2,8(12)13-7)10(3,4)11(5)6/h1-7H3. The van der Waals surface area contributed by atoms with Crippen molar-refractivity contribution in [1.82, 2.24) is 4.90 Å². The van der Waals surface area contributed by atoms with E-state index in [0.29, 0.717) is 0 Å². The molecule has 0 heterocycles. The van der Waals surface area contributed by atoms with Crippen molar-refractivity contribution in [3.05, 3.63) is 0 Å². The summed E-state index contributed by atoms with van der Waals surface area (Å²) < 4.78 is 4.79. The second kappa shape index (κ2) is 3.66. The summed E-state index contributed by atoms with van der Waals surface area (Å²) in [5, 5.41) is 0. The Kier molecular flexibility index (Phi) is 3.50. The third-order valence-corrected chi connectivity index (χ3v) is 3.34. The van der Waals surface area contributed by atoms with Crippen molar-refractivity contribution in [1.29, 1.82) is 0 Å². The Morgan fingerprint density at radius 2 is 1.54 bits per heavy atom. The maximum Gasteiger partial charge on any atom is 0.313 e. The number of esters is 1. The first-order valence-electron chi connectivity index (χ1n) is 4.43. The number of hydrogen-bond acceptors (Lipinski definition) is 3. The number of carbonyl (C=O) groups excluding carboxylic acids is 1. The van der Waals surface area contributed by atoms with Crippen molar-refractivity contribution < 1.29 is 9.53 Å². The average molecular weight is 187 g/mol. The number of rotatable bonds is 3. The molecule has 0 N–H and O–H groups in total. The summed E-state index contributed by atoms with van der Waals surface area (Å²) in [5.41, 5.74) is -0.731. The Morgan fingerprint density at radius 3 is 1.77 bits per heavy atom. The summed E-state index contributed by atoms with van der Waals surface area (Å²) >= 11 is 0. The summed E-state index contributed by atoms with van der Waals surface area (Å²) in [5.74, 6) is -0.175. The van der Waals surface area contributed by atoms with Gasteiger partial charge in [-0.1, -0.05) is 0 Å². The summed E-state index contributed by atoms with van der Waals surface area (Å²) in [6.07, 6.45) is 0. The Morgan fingerprint density at radius 1 is 1.15 bits per heavy atom. The second-order valence-corrected chi connectivity index (χ2v) is 4.57. The van der Waals surface area contributed by atoms with Crippen LogP contribution in [0.5, 0.6) is 0 Å². The van der Waals surface area contributed by atoms with Crippen molar-refractivity contribution in [2.24, 2.45) is 5.41 Å². The Balaban J connectivity index is 4.91. The molecule has 0 aliphatic carbocycles. The topological polar surface area (TPSA) is 29.5 Å². The average Bonchev–Trinajstić information content (AvgIpc) is 2.02. The monoisotopic (exact) mass is 187 g/mol. The molecule has 0 aliphatic rings. The van der Waals surface area contributed by atoms with Crippen LogP contribution >= 0.6 is 0 Å². The number of nitrogens with zero attached hydrogens (tertiary/aromatic N) is 1. The van der Waals surface area contributed by atoms with E-state index < -0.39 is 5.41 Å². The highest BCUT2D eigenvalue weighted by molar-refractivity contribution is 5.77. The third kappa shape index (κ3) is 2.02. The second-order valence-electron chi connectivity index (χ2n) is 4.57. The molecule has 3 heteroatoms. The van der Waals surface area contributed by atoms with Gasteiger partial charge in [0.2, 0.25) is 0 Å². The van der Waals surface area contributed by atoms with Crippen LogP contribution in [0.25, 0.3) is 0 Å². The van der Waals surface area contributed by atoms with E-state index in [-0.39, 0.29) is 11.5 Å². The number of methoxy groups -OCH3 is 1. The molecule has 0 unspecified atom stereocenters. The fourth-order valence-electron chi connectivity index (χ4n) is 1.06. The molecular weight excluding hydrogens is 166 g/mol. The first-order valence-corrected chi connectivity index (χ1v) is 4.43. The third-order valence-electron chi connectivity index (χ3n) is 3.34. The molecule has 0 amide bonds. The van der Waals surface area contributed by atoms with Crippen LogP contribution in [0, 0.1) is 5.41 Å². The van der Waals surface area contributed by atoms with Crippen LogP contribution in [0.1, 0.15) is 27.7 Å².